The zero-order valence-electron chi connectivity index (χ0n) is 18.9. The molecule has 6 aromatic rings. The highest BCUT2D eigenvalue weighted by molar-refractivity contribution is 6.36. The first-order chi connectivity index (χ1) is 15.0. The maximum absolute atomic E-state index is 2.42. The fourth-order valence-corrected chi connectivity index (χ4v) is 5.86. The SMILES string of the molecule is Cc1ccccc1-c1cc(C)c2c(C)ccc3c4ccc(C)c5c(C)ccc(c1c23)c54. The second-order valence-electron chi connectivity index (χ2n) is 9.22. The van der Waals surface area contributed by atoms with E-state index in [2.05, 4.69) is 101 Å². The van der Waals surface area contributed by atoms with Gasteiger partial charge in [0.1, 0.15) is 0 Å². The monoisotopic (exact) mass is 398 g/mol. The van der Waals surface area contributed by atoms with E-state index in [1.165, 1.54) is 82.0 Å². The van der Waals surface area contributed by atoms with Crippen LogP contribution in [0.25, 0.3) is 54.2 Å². The number of aryl methyl sites for hydroxylation is 5. The van der Waals surface area contributed by atoms with Crippen LogP contribution in [0.3, 0.4) is 0 Å². The Morgan fingerprint density at radius 1 is 0.355 bits per heavy atom. The fraction of sp³-hybridized carbons (Fsp3) is 0.161. The Hall–Kier alpha value is -3.38. The number of fused-ring (bicyclic) bond motifs is 2. The quantitative estimate of drug-likeness (QED) is 0.191. The van der Waals surface area contributed by atoms with Crippen LogP contribution in [-0.2, 0) is 0 Å². The molecule has 0 aliphatic rings. The number of benzene rings is 6. The van der Waals surface area contributed by atoms with Gasteiger partial charge in [-0.1, -0.05) is 66.7 Å². The number of hydrogen-bond donors (Lipinski definition) is 0. The van der Waals surface area contributed by atoms with Crippen LogP contribution >= 0.6 is 0 Å². The third-order valence-electron chi connectivity index (χ3n) is 7.26. The lowest BCUT2D eigenvalue weighted by molar-refractivity contribution is 1.44. The number of hydrogen-bond acceptors (Lipinski definition) is 0. The van der Waals surface area contributed by atoms with Gasteiger partial charge in [0, 0.05) is 0 Å². The predicted molar refractivity (Wildman–Crippen MR) is 137 cm³/mol. The summed E-state index contributed by atoms with van der Waals surface area (Å²) >= 11 is 0. The average Bonchev–Trinajstić information content (AvgIpc) is 2.75. The van der Waals surface area contributed by atoms with Gasteiger partial charge in [-0.2, -0.15) is 0 Å². The first-order valence-corrected chi connectivity index (χ1v) is 11.1. The molecule has 0 heteroatoms. The predicted octanol–water partition coefficient (Wildman–Crippen LogP) is 8.95. The topological polar surface area (TPSA) is 0 Å². The van der Waals surface area contributed by atoms with Crippen LogP contribution in [0, 0.1) is 34.6 Å². The maximum atomic E-state index is 2.42. The molecule has 0 aromatic heterocycles. The van der Waals surface area contributed by atoms with Gasteiger partial charge in [-0.3, -0.25) is 0 Å². The summed E-state index contributed by atoms with van der Waals surface area (Å²) in [5.74, 6) is 0. The number of rotatable bonds is 1. The molecule has 6 aromatic carbocycles. The summed E-state index contributed by atoms with van der Waals surface area (Å²) in [6.07, 6.45) is 0. The van der Waals surface area contributed by atoms with Crippen molar-refractivity contribution in [1.82, 2.24) is 0 Å². The van der Waals surface area contributed by atoms with Crippen LogP contribution in [0.2, 0.25) is 0 Å². The second kappa shape index (κ2) is 6.31. The van der Waals surface area contributed by atoms with E-state index in [4.69, 9.17) is 0 Å². The molecular weight excluding hydrogens is 372 g/mol. The van der Waals surface area contributed by atoms with Crippen LogP contribution in [0.4, 0.5) is 0 Å². The van der Waals surface area contributed by atoms with Crippen molar-refractivity contribution in [3.8, 4) is 11.1 Å². The Morgan fingerprint density at radius 2 is 0.903 bits per heavy atom. The van der Waals surface area contributed by atoms with Gasteiger partial charge >= 0.3 is 0 Å². The van der Waals surface area contributed by atoms with Crippen molar-refractivity contribution in [2.45, 2.75) is 34.6 Å². The van der Waals surface area contributed by atoms with E-state index in [-0.39, 0.29) is 0 Å². The molecule has 0 radical (unpaired) electrons. The minimum atomic E-state index is 1.32. The lowest BCUT2D eigenvalue weighted by Gasteiger charge is -2.22. The molecule has 0 atom stereocenters. The molecule has 0 aliphatic heterocycles. The van der Waals surface area contributed by atoms with Crippen molar-refractivity contribution in [3.63, 3.8) is 0 Å². The Morgan fingerprint density at radius 3 is 1.55 bits per heavy atom. The van der Waals surface area contributed by atoms with E-state index in [1.807, 2.05) is 0 Å². The Kier molecular flexibility index (Phi) is 3.74. The minimum absolute atomic E-state index is 1.32. The van der Waals surface area contributed by atoms with Gasteiger partial charge in [0.2, 0.25) is 0 Å². The molecule has 0 N–H and O–H groups in total. The van der Waals surface area contributed by atoms with Crippen molar-refractivity contribution in [3.05, 3.63) is 94.5 Å². The lowest BCUT2D eigenvalue weighted by atomic mass is 9.81. The summed E-state index contributed by atoms with van der Waals surface area (Å²) in [6, 6.07) is 25.2. The normalized spacial score (nSPS) is 12.0. The fourth-order valence-electron chi connectivity index (χ4n) is 5.86. The molecule has 0 heterocycles. The minimum Gasteiger partial charge on any atom is -0.0620 e. The molecule has 0 aliphatic carbocycles. The van der Waals surface area contributed by atoms with E-state index in [1.54, 1.807) is 0 Å². The highest BCUT2D eigenvalue weighted by Gasteiger charge is 2.20. The van der Waals surface area contributed by atoms with Crippen molar-refractivity contribution in [2.24, 2.45) is 0 Å². The van der Waals surface area contributed by atoms with Crippen LogP contribution < -0.4 is 0 Å². The third kappa shape index (κ3) is 2.36. The van der Waals surface area contributed by atoms with E-state index in [9.17, 15) is 0 Å². The molecule has 6 rings (SSSR count). The van der Waals surface area contributed by atoms with Gasteiger partial charge in [0.15, 0.2) is 0 Å². The van der Waals surface area contributed by atoms with Crippen LogP contribution in [0.15, 0.2) is 66.7 Å². The molecular formula is C31H26. The molecule has 0 amide bonds. The molecule has 0 saturated carbocycles. The summed E-state index contributed by atoms with van der Waals surface area (Å²) < 4.78 is 0. The smallest absolute Gasteiger partial charge is 0.00137 e. The van der Waals surface area contributed by atoms with Gasteiger partial charge in [0.05, 0.1) is 0 Å². The third-order valence-corrected chi connectivity index (χ3v) is 7.26. The largest absolute Gasteiger partial charge is 0.0620 e. The van der Waals surface area contributed by atoms with Gasteiger partial charge in [-0.15, -0.1) is 0 Å². The van der Waals surface area contributed by atoms with E-state index in [0.29, 0.717) is 0 Å². The van der Waals surface area contributed by atoms with Gasteiger partial charge in [-0.05, 0) is 117 Å². The Labute approximate surface area is 183 Å². The maximum Gasteiger partial charge on any atom is -0.00137 e. The second-order valence-corrected chi connectivity index (χ2v) is 9.22. The molecule has 31 heavy (non-hydrogen) atoms. The molecule has 0 fully saturated rings. The molecule has 0 saturated heterocycles. The van der Waals surface area contributed by atoms with Crippen molar-refractivity contribution < 1.29 is 0 Å². The van der Waals surface area contributed by atoms with Crippen LogP contribution in [-0.4, -0.2) is 0 Å². The van der Waals surface area contributed by atoms with Gasteiger partial charge < -0.3 is 0 Å². The Balaban J connectivity index is 2.02. The molecule has 0 unspecified atom stereocenters. The standard InChI is InChI=1S/C31H26/c1-17-8-6-7-9-22(17)26-16-21(5)28-20(4)11-14-24-23-13-10-18(2)27-19(3)12-15-25(29(23)27)30(26)31(24)28/h6-16H,1-5H3. The average molecular weight is 399 g/mol. The first-order valence-electron chi connectivity index (χ1n) is 11.1. The summed E-state index contributed by atoms with van der Waals surface area (Å²) in [5.41, 5.74) is 9.43. The molecule has 0 spiro atoms. The summed E-state index contributed by atoms with van der Waals surface area (Å²) in [5, 5.41) is 11.2. The van der Waals surface area contributed by atoms with Crippen molar-refractivity contribution in [2.75, 3.05) is 0 Å². The zero-order chi connectivity index (χ0) is 21.4. The highest BCUT2D eigenvalue weighted by atomic mass is 14.2. The van der Waals surface area contributed by atoms with E-state index in [0.717, 1.165) is 0 Å². The summed E-state index contributed by atoms with van der Waals surface area (Å²) in [6.45, 7) is 11.2. The van der Waals surface area contributed by atoms with Gasteiger partial charge in [-0.25, -0.2) is 0 Å². The van der Waals surface area contributed by atoms with E-state index < -0.39 is 0 Å². The first kappa shape index (κ1) is 18.4. The highest BCUT2D eigenvalue weighted by Crippen LogP contribution is 2.47. The van der Waals surface area contributed by atoms with Crippen molar-refractivity contribution in [1.29, 1.82) is 0 Å². The van der Waals surface area contributed by atoms with E-state index >= 15 is 0 Å². The van der Waals surface area contributed by atoms with Crippen molar-refractivity contribution >= 4 is 43.1 Å². The van der Waals surface area contributed by atoms with Crippen LogP contribution in [0.5, 0.6) is 0 Å². The zero-order valence-corrected chi connectivity index (χ0v) is 18.9. The summed E-state index contributed by atoms with van der Waals surface area (Å²) in [4.78, 5) is 0. The van der Waals surface area contributed by atoms with Crippen LogP contribution in [0.1, 0.15) is 27.8 Å². The molecule has 0 nitrogen and oxygen atoms in total. The summed E-state index contributed by atoms with van der Waals surface area (Å²) in [7, 11) is 0. The molecule has 150 valence electrons. The Bertz CT molecular complexity index is 1660. The molecule has 0 bridgehead atoms. The lowest BCUT2D eigenvalue weighted by Crippen LogP contribution is -1.96. The van der Waals surface area contributed by atoms with Gasteiger partial charge in [0.25, 0.3) is 0 Å².